The Kier molecular flexibility index (Phi) is 7.20. The van der Waals surface area contributed by atoms with Crippen molar-refractivity contribution in [3.8, 4) is 10.7 Å². The average Bonchev–Trinajstić information content (AvgIpc) is 3.36. The number of thiazole rings is 1. The van der Waals surface area contributed by atoms with E-state index in [1.165, 1.54) is 29.6 Å². The van der Waals surface area contributed by atoms with Crippen molar-refractivity contribution in [3.63, 3.8) is 0 Å². The van der Waals surface area contributed by atoms with Gasteiger partial charge in [-0.1, -0.05) is 6.07 Å². The maximum atomic E-state index is 12.2. The van der Waals surface area contributed by atoms with Gasteiger partial charge >= 0.3 is 5.97 Å². The Bertz CT molecular complexity index is 998. The normalized spacial score (nSPS) is 10.5. The van der Waals surface area contributed by atoms with Crippen molar-refractivity contribution < 1.29 is 19.1 Å². The molecule has 0 atom stereocenters. The van der Waals surface area contributed by atoms with Crippen LogP contribution in [0, 0.1) is 0 Å². The molecule has 0 aliphatic rings. The highest BCUT2D eigenvalue weighted by Gasteiger charge is 2.15. The molecule has 0 aliphatic heterocycles. The van der Waals surface area contributed by atoms with Gasteiger partial charge in [0, 0.05) is 29.9 Å². The number of carbonyl (C=O) groups is 3. The van der Waals surface area contributed by atoms with Gasteiger partial charge in [0.2, 0.25) is 11.7 Å². The van der Waals surface area contributed by atoms with E-state index in [0.29, 0.717) is 23.5 Å². The van der Waals surface area contributed by atoms with E-state index < -0.39 is 5.97 Å². The number of amides is 1. The van der Waals surface area contributed by atoms with Gasteiger partial charge in [0.1, 0.15) is 5.01 Å². The molecule has 0 aromatic carbocycles. The van der Waals surface area contributed by atoms with Crippen LogP contribution in [0.25, 0.3) is 10.7 Å². The molecular weight excluding hydrogens is 410 g/mol. The molecule has 3 aromatic heterocycles. The van der Waals surface area contributed by atoms with E-state index in [-0.39, 0.29) is 24.7 Å². The first kappa shape index (κ1) is 20.8. The molecule has 0 saturated heterocycles. The number of pyridine rings is 1. The van der Waals surface area contributed by atoms with Crippen molar-refractivity contribution in [3.05, 3.63) is 57.4 Å². The van der Waals surface area contributed by atoms with Gasteiger partial charge in [-0.05, 0) is 30.7 Å². The van der Waals surface area contributed by atoms with Crippen LogP contribution in [0.3, 0.4) is 0 Å². The molecule has 0 unspecified atom stereocenters. The first-order chi connectivity index (χ1) is 14.0. The molecule has 3 rings (SSSR count). The third-order valence-electron chi connectivity index (χ3n) is 3.81. The summed E-state index contributed by atoms with van der Waals surface area (Å²) in [5.74, 6) is -0.836. The van der Waals surface area contributed by atoms with Crippen LogP contribution in [0.4, 0.5) is 0 Å². The Morgan fingerprint density at radius 2 is 2.03 bits per heavy atom. The lowest BCUT2D eigenvalue weighted by Crippen LogP contribution is -2.22. The van der Waals surface area contributed by atoms with Crippen LogP contribution in [0.1, 0.15) is 27.2 Å². The molecule has 3 heterocycles. The van der Waals surface area contributed by atoms with Crippen molar-refractivity contribution >= 4 is 40.3 Å². The fraction of sp³-hybridized carbons (Fsp3) is 0.250. The monoisotopic (exact) mass is 429 g/mol. The molecule has 3 aromatic rings. The number of hydrogen-bond donors (Lipinski definition) is 1. The molecule has 9 heteroatoms. The molecule has 1 amide bonds. The average molecular weight is 430 g/mol. The third-order valence-corrected chi connectivity index (χ3v) is 5.91. The van der Waals surface area contributed by atoms with Crippen molar-refractivity contribution in [2.24, 2.45) is 0 Å². The highest BCUT2D eigenvalue weighted by Crippen LogP contribution is 2.22. The van der Waals surface area contributed by atoms with Crippen LogP contribution in [0.5, 0.6) is 0 Å². The Balaban J connectivity index is 1.46. The third kappa shape index (κ3) is 6.30. The lowest BCUT2D eigenvalue weighted by Gasteiger charge is -2.02. The molecule has 7 nitrogen and oxygen atoms in total. The van der Waals surface area contributed by atoms with Crippen molar-refractivity contribution in [1.29, 1.82) is 0 Å². The number of ketones is 1. The van der Waals surface area contributed by atoms with Crippen LogP contribution < -0.4 is 5.32 Å². The molecule has 29 heavy (non-hydrogen) atoms. The molecule has 0 fully saturated rings. The van der Waals surface area contributed by atoms with Gasteiger partial charge in [0.05, 0.1) is 22.7 Å². The zero-order chi connectivity index (χ0) is 20.6. The highest BCUT2D eigenvalue weighted by molar-refractivity contribution is 7.14. The standard InChI is InChI=1S/C20H19N3O4S2/c1-13(24)21-9-7-15-5-6-18(29-15)17(25)11-27-19(26)10-14-12-28-20(23-14)16-4-2-3-8-22-16/h2-6,8,12H,7,9-11H2,1H3,(H,21,24). The van der Waals surface area contributed by atoms with E-state index in [9.17, 15) is 14.4 Å². The zero-order valence-electron chi connectivity index (χ0n) is 15.7. The maximum Gasteiger partial charge on any atom is 0.312 e. The van der Waals surface area contributed by atoms with Gasteiger partial charge in [-0.25, -0.2) is 4.98 Å². The Labute approximate surface area is 175 Å². The van der Waals surface area contributed by atoms with Gasteiger partial charge in [-0.2, -0.15) is 0 Å². The van der Waals surface area contributed by atoms with Gasteiger partial charge in [-0.3, -0.25) is 19.4 Å². The summed E-state index contributed by atoms with van der Waals surface area (Å²) in [5.41, 5.74) is 1.34. The van der Waals surface area contributed by atoms with Gasteiger partial charge in [-0.15, -0.1) is 22.7 Å². The van der Waals surface area contributed by atoms with Crippen molar-refractivity contribution in [2.45, 2.75) is 19.8 Å². The van der Waals surface area contributed by atoms with Crippen LogP contribution >= 0.6 is 22.7 Å². The number of rotatable bonds is 9. The maximum absolute atomic E-state index is 12.2. The number of ether oxygens (including phenoxy) is 1. The summed E-state index contributed by atoms with van der Waals surface area (Å²) >= 11 is 2.74. The van der Waals surface area contributed by atoms with Gasteiger partial charge < -0.3 is 10.1 Å². The summed E-state index contributed by atoms with van der Waals surface area (Å²) in [6.45, 7) is 1.68. The molecule has 0 radical (unpaired) electrons. The van der Waals surface area contributed by atoms with E-state index in [2.05, 4.69) is 15.3 Å². The topological polar surface area (TPSA) is 98.2 Å². The van der Waals surface area contributed by atoms with E-state index in [4.69, 9.17) is 4.74 Å². The summed E-state index contributed by atoms with van der Waals surface area (Å²) in [4.78, 5) is 45.3. The number of aromatic nitrogens is 2. The molecule has 0 aliphatic carbocycles. The van der Waals surface area contributed by atoms with Crippen molar-refractivity contribution in [2.75, 3.05) is 13.2 Å². The number of carbonyl (C=O) groups excluding carboxylic acids is 3. The second-order valence-corrected chi connectivity index (χ2v) is 8.14. The first-order valence-electron chi connectivity index (χ1n) is 8.89. The predicted molar refractivity (Wildman–Crippen MR) is 111 cm³/mol. The van der Waals surface area contributed by atoms with E-state index in [1.54, 1.807) is 17.6 Å². The Morgan fingerprint density at radius 3 is 2.79 bits per heavy atom. The lowest BCUT2D eigenvalue weighted by atomic mass is 10.3. The van der Waals surface area contributed by atoms with E-state index in [0.717, 1.165) is 15.6 Å². The number of Topliss-reactive ketones (excluding diaryl/α,β-unsaturated/α-hetero) is 1. The molecular formula is C20H19N3O4S2. The minimum Gasteiger partial charge on any atom is -0.457 e. The van der Waals surface area contributed by atoms with Crippen LogP contribution in [0.15, 0.2) is 41.9 Å². The molecule has 0 bridgehead atoms. The number of nitrogens with one attached hydrogen (secondary N) is 1. The predicted octanol–water partition coefficient (Wildman–Crippen LogP) is 2.91. The fourth-order valence-corrected chi connectivity index (χ4v) is 4.16. The summed E-state index contributed by atoms with van der Waals surface area (Å²) in [5, 5.41) is 5.23. The molecule has 1 N–H and O–H groups in total. The highest BCUT2D eigenvalue weighted by atomic mass is 32.1. The van der Waals surface area contributed by atoms with Gasteiger partial charge in [0.25, 0.3) is 0 Å². The van der Waals surface area contributed by atoms with Crippen LogP contribution in [-0.4, -0.2) is 40.8 Å². The summed E-state index contributed by atoms with van der Waals surface area (Å²) < 4.78 is 5.11. The van der Waals surface area contributed by atoms with E-state index in [1.807, 2.05) is 24.3 Å². The van der Waals surface area contributed by atoms with Crippen LogP contribution in [-0.2, 0) is 27.2 Å². The first-order valence-corrected chi connectivity index (χ1v) is 10.6. The largest absolute Gasteiger partial charge is 0.457 e. The number of esters is 1. The number of hydrogen-bond acceptors (Lipinski definition) is 8. The second kappa shape index (κ2) is 10.0. The van der Waals surface area contributed by atoms with Crippen molar-refractivity contribution in [1.82, 2.24) is 15.3 Å². The summed E-state index contributed by atoms with van der Waals surface area (Å²) in [7, 11) is 0. The Hall–Kier alpha value is -2.91. The van der Waals surface area contributed by atoms with Gasteiger partial charge in [0.15, 0.2) is 6.61 Å². The summed E-state index contributed by atoms with van der Waals surface area (Å²) in [6, 6.07) is 9.11. The minimum atomic E-state index is -0.501. The quantitative estimate of drug-likeness (QED) is 0.415. The lowest BCUT2D eigenvalue weighted by molar-refractivity contribution is -0.141. The number of nitrogens with zero attached hydrogens (tertiary/aromatic N) is 2. The SMILES string of the molecule is CC(=O)NCCc1ccc(C(=O)COC(=O)Cc2csc(-c3ccccn3)n2)s1. The smallest absolute Gasteiger partial charge is 0.312 e. The van der Waals surface area contributed by atoms with Crippen LogP contribution in [0.2, 0.25) is 0 Å². The second-order valence-electron chi connectivity index (χ2n) is 6.12. The minimum absolute atomic E-state index is 0.00300. The molecule has 0 saturated carbocycles. The number of thiophene rings is 1. The zero-order valence-corrected chi connectivity index (χ0v) is 17.3. The van der Waals surface area contributed by atoms with E-state index >= 15 is 0 Å². The molecule has 150 valence electrons. The fourth-order valence-electron chi connectivity index (χ4n) is 2.44. The molecule has 0 spiro atoms. The Morgan fingerprint density at radius 1 is 1.17 bits per heavy atom. The summed E-state index contributed by atoms with van der Waals surface area (Å²) in [6.07, 6.45) is 2.34.